The molecule has 0 aliphatic carbocycles. The lowest BCUT2D eigenvalue weighted by Gasteiger charge is -2.52. The second kappa shape index (κ2) is 15.3. The van der Waals surface area contributed by atoms with Gasteiger partial charge in [-0.1, -0.05) is 13.3 Å². The number of carbonyl (C=O) groups excluding carboxylic acids is 1. The number of halogens is 1. The monoisotopic (exact) mass is 598 g/mol. The van der Waals surface area contributed by atoms with E-state index in [0.717, 1.165) is 58.0 Å². The Kier molecular flexibility index (Phi) is 11.7. The van der Waals surface area contributed by atoms with Gasteiger partial charge in [0.15, 0.2) is 0 Å². The van der Waals surface area contributed by atoms with Crippen molar-refractivity contribution in [1.82, 2.24) is 24.9 Å². The van der Waals surface area contributed by atoms with Crippen LogP contribution in [0.15, 0.2) is 30.5 Å². The fourth-order valence-corrected chi connectivity index (χ4v) is 6.66. The van der Waals surface area contributed by atoms with Gasteiger partial charge in [-0.05, 0) is 84.3 Å². The smallest absolute Gasteiger partial charge is 0.262 e. The molecule has 1 atom stereocenters. The third-order valence-corrected chi connectivity index (χ3v) is 9.02. The van der Waals surface area contributed by atoms with Crippen LogP contribution in [0.25, 0.3) is 0 Å². The van der Waals surface area contributed by atoms with Crippen molar-refractivity contribution in [3.8, 4) is 11.6 Å². The largest absolute Gasteiger partial charge is 0.435 e. The van der Waals surface area contributed by atoms with E-state index in [9.17, 15) is 9.18 Å². The molecule has 0 radical (unpaired) electrons. The maximum atomic E-state index is 14.3. The average Bonchev–Trinajstić information content (AvgIpc) is 3.42. The first-order chi connectivity index (χ1) is 20.7. The number of hydrogen-bond acceptors (Lipinski definition) is 8. The van der Waals surface area contributed by atoms with E-state index < -0.39 is 5.82 Å². The topological polar surface area (TPSA) is 74.3 Å². The van der Waals surface area contributed by atoms with Gasteiger partial charge >= 0.3 is 0 Å². The van der Waals surface area contributed by atoms with Crippen LogP contribution < -0.4 is 9.64 Å². The summed E-state index contributed by atoms with van der Waals surface area (Å²) in [6, 6.07) is 6.60. The highest BCUT2D eigenvalue weighted by Gasteiger charge is 2.49. The van der Waals surface area contributed by atoms with Gasteiger partial charge in [-0.25, -0.2) is 4.39 Å². The predicted molar refractivity (Wildman–Crippen MR) is 168 cm³/mol. The molecule has 4 rings (SSSR count). The molecule has 1 spiro atoms. The van der Waals surface area contributed by atoms with Gasteiger partial charge in [0.25, 0.3) is 11.8 Å². The van der Waals surface area contributed by atoms with Crippen LogP contribution in [-0.4, -0.2) is 109 Å². The molecule has 10 heteroatoms. The Morgan fingerprint density at radius 3 is 2.63 bits per heavy atom. The van der Waals surface area contributed by atoms with Crippen molar-refractivity contribution in [2.75, 3.05) is 71.5 Å². The Morgan fingerprint density at radius 1 is 1.14 bits per heavy atom. The van der Waals surface area contributed by atoms with Crippen LogP contribution in [0.1, 0.15) is 70.2 Å². The molecule has 2 fully saturated rings. The standard InChI is InChI=1S/C33H51FN6O3/c1-7-10-27(11-9-17-37(5)19-20-42-6)39-23-33(24-39)15-18-38(22-33)29-14-16-35-36-31(29)43-30-13-12-26(34)21-28(30)32(41)40(8-2)25(3)4/h12-14,16,21,25,27H,7-11,15,17-20,22-24H2,1-6H3/t27-/m1/s1. The average molecular weight is 599 g/mol. The van der Waals surface area contributed by atoms with Gasteiger partial charge in [-0.2, -0.15) is 5.10 Å². The molecular formula is C33H51FN6O3. The fraction of sp³-hybridized carbons (Fsp3) is 0.667. The first-order valence-electron chi connectivity index (χ1n) is 16.0. The van der Waals surface area contributed by atoms with E-state index in [0.29, 0.717) is 18.5 Å². The molecule has 3 heterocycles. The van der Waals surface area contributed by atoms with Crippen LogP contribution in [0.4, 0.5) is 10.1 Å². The highest BCUT2D eigenvalue weighted by Crippen LogP contribution is 2.45. The van der Waals surface area contributed by atoms with Crippen molar-refractivity contribution in [3.63, 3.8) is 0 Å². The van der Waals surface area contributed by atoms with Crippen LogP contribution in [0.5, 0.6) is 11.6 Å². The van der Waals surface area contributed by atoms with Gasteiger partial charge in [0, 0.05) is 63.9 Å². The third-order valence-electron chi connectivity index (χ3n) is 9.02. The second-order valence-electron chi connectivity index (χ2n) is 12.6. The minimum absolute atomic E-state index is 0.0253. The first kappa shape index (κ1) is 33.1. The number of rotatable bonds is 16. The first-order valence-corrected chi connectivity index (χ1v) is 16.0. The van der Waals surface area contributed by atoms with Crippen molar-refractivity contribution in [2.24, 2.45) is 5.41 Å². The van der Waals surface area contributed by atoms with Gasteiger partial charge in [-0.3, -0.25) is 9.69 Å². The number of benzene rings is 1. The zero-order valence-corrected chi connectivity index (χ0v) is 27.0. The summed E-state index contributed by atoms with van der Waals surface area (Å²) in [5.74, 6) is -0.127. The molecule has 2 aromatic rings. The molecular weight excluding hydrogens is 547 g/mol. The summed E-state index contributed by atoms with van der Waals surface area (Å²) in [7, 11) is 3.93. The maximum absolute atomic E-state index is 14.3. The Balaban J connectivity index is 1.41. The summed E-state index contributed by atoms with van der Waals surface area (Å²) in [4.78, 5) is 22.4. The van der Waals surface area contributed by atoms with E-state index in [-0.39, 0.29) is 28.7 Å². The number of likely N-dealkylation sites (N-methyl/N-ethyl adjacent to an activating group) is 1. The Bertz CT molecular complexity index is 1190. The molecule has 2 aliphatic heterocycles. The highest BCUT2D eigenvalue weighted by atomic mass is 19.1. The molecule has 1 amide bonds. The normalized spacial score (nSPS) is 17.1. The zero-order chi connectivity index (χ0) is 31.0. The Hall–Kier alpha value is -2.82. The minimum atomic E-state index is -0.481. The molecule has 0 N–H and O–H groups in total. The lowest BCUT2D eigenvalue weighted by Crippen LogP contribution is -2.60. The number of aromatic nitrogens is 2. The molecule has 9 nitrogen and oxygen atoms in total. The number of likely N-dealkylation sites (tertiary alicyclic amines) is 1. The van der Waals surface area contributed by atoms with E-state index in [4.69, 9.17) is 9.47 Å². The summed E-state index contributed by atoms with van der Waals surface area (Å²) in [6.45, 7) is 15.5. The van der Waals surface area contributed by atoms with Gasteiger partial charge in [0.1, 0.15) is 17.3 Å². The molecule has 0 saturated carbocycles. The molecule has 0 bridgehead atoms. The van der Waals surface area contributed by atoms with E-state index in [2.05, 4.69) is 38.9 Å². The summed E-state index contributed by atoms with van der Waals surface area (Å²) >= 11 is 0. The molecule has 43 heavy (non-hydrogen) atoms. The molecule has 1 aromatic heterocycles. The third kappa shape index (κ3) is 8.22. The van der Waals surface area contributed by atoms with E-state index >= 15 is 0 Å². The number of carbonyl (C=O) groups is 1. The van der Waals surface area contributed by atoms with Crippen molar-refractivity contribution in [3.05, 3.63) is 41.8 Å². The highest BCUT2D eigenvalue weighted by molar-refractivity contribution is 5.97. The van der Waals surface area contributed by atoms with E-state index in [1.165, 1.54) is 43.9 Å². The fourth-order valence-electron chi connectivity index (χ4n) is 6.66. The summed E-state index contributed by atoms with van der Waals surface area (Å²) in [5.41, 5.74) is 1.30. The van der Waals surface area contributed by atoms with Crippen LogP contribution in [0.2, 0.25) is 0 Å². The number of ether oxygens (including phenoxy) is 2. The van der Waals surface area contributed by atoms with Crippen molar-refractivity contribution < 1.29 is 18.7 Å². The van der Waals surface area contributed by atoms with Crippen molar-refractivity contribution in [1.29, 1.82) is 0 Å². The molecule has 238 valence electrons. The number of hydrogen-bond donors (Lipinski definition) is 0. The quantitative estimate of drug-likeness (QED) is 0.257. The summed E-state index contributed by atoms with van der Waals surface area (Å²) in [5, 5.41) is 8.39. The number of methoxy groups -OCH3 is 1. The van der Waals surface area contributed by atoms with Crippen LogP contribution in [-0.2, 0) is 4.74 Å². The van der Waals surface area contributed by atoms with Crippen LogP contribution >= 0.6 is 0 Å². The van der Waals surface area contributed by atoms with Crippen molar-refractivity contribution >= 4 is 11.6 Å². The molecule has 0 unspecified atom stereocenters. The number of anilines is 1. The van der Waals surface area contributed by atoms with Gasteiger partial charge in [0.2, 0.25) is 0 Å². The maximum Gasteiger partial charge on any atom is 0.262 e. The number of nitrogens with zero attached hydrogens (tertiary/aromatic N) is 6. The molecule has 2 aliphatic rings. The lowest BCUT2D eigenvalue weighted by atomic mass is 9.77. The second-order valence-corrected chi connectivity index (χ2v) is 12.6. The van der Waals surface area contributed by atoms with Crippen molar-refractivity contribution in [2.45, 2.75) is 71.9 Å². The van der Waals surface area contributed by atoms with Gasteiger partial charge in [0.05, 0.1) is 18.4 Å². The summed E-state index contributed by atoms with van der Waals surface area (Å²) < 4.78 is 25.7. The van der Waals surface area contributed by atoms with E-state index in [1.54, 1.807) is 18.2 Å². The minimum Gasteiger partial charge on any atom is -0.435 e. The number of amides is 1. The zero-order valence-electron chi connectivity index (χ0n) is 27.0. The Labute approximate surface area is 257 Å². The van der Waals surface area contributed by atoms with Crippen LogP contribution in [0, 0.1) is 11.2 Å². The molecule has 1 aromatic carbocycles. The predicted octanol–water partition coefficient (Wildman–Crippen LogP) is 5.32. The Morgan fingerprint density at radius 2 is 1.93 bits per heavy atom. The van der Waals surface area contributed by atoms with E-state index in [1.807, 2.05) is 26.8 Å². The SMILES string of the molecule is CCC[C@H](CCCN(C)CCOC)N1CC2(CCN(c3ccnnc3Oc3ccc(F)cc3C(=O)N(CC)C(C)C)C2)C1. The van der Waals surface area contributed by atoms with Crippen LogP contribution in [0.3, 0.4) is 0 Å². The lowest BCUT2D eigenvalue weighted by molar-refractivity contribution is -0.0229. The molecule has 2 saturated heterocycles. The van der Waals surface area contributed by atoms with Gasteiger partial charge < -0.3 is 24.2 Å². The summed E-state index contributed by atoms with van der Waals surface area (Å²) in [6.07, 6.45) is 7.65. The van der Waals surface area contributed by atoms with Gasteiger partial charge in [-0.15, -0.1) is 5.10 Å².